The second-order valence-electron chi connectivity index (χ2n) is 4.34. The van der Waals surface area contributed by atoms with E-state index in [0.717, 1.165) is 12.8 Å². The molecule has 2 rings (SSSR count). The van der Waals surface area contributed by atoms with Gasteiger partial charge in [0.2, 0.25) is 0 Å². The minimum absolute atomic E-state index is 0.00411. The Balaban J connectivity index is 2.04. The first-order valence-electron chi connectivity index (χ1n) is 5.87. The molecule has 1 atom stereocenters. The summed E-state index contributed by atoms with van der Waals surface area (Å²) in [5.41, 5.74) is -0.658. The third-order valence-electron chi connectivity index (χ3n) is 3.00. The van der Waals surface area contributed by atoms with Crippen LogP contribution in [0.4, 0.5) is 13.2 Å². The Morgan fingerprint density at radius 2 is 1.94 bits per heavy atom. The number of hydrogen-bond acceptors (Lipinski definition) is 2. The van der Waals surface area contributed by atoms with Crippen LogP contribution < -0.4 is 0 Å². The molecule has 0 spiro atoms. The number of benzene rings is 1. The molecule has 0 radical (unpaired) electrons. The Kier molecular flexibility index (Phi) is 4.01. The average molecular weight is 258 g/mol. The van der Waals surface area contributed by atoms with Crippen LogP contribution in [0.1, 0.15) is 36.0 Å². The number of carbonyl (C=O) groups excluding carboxylic acids is 1. The smallest absolute Gasteiger partial charge is 0.168 e. The Bertz CT molecular complexity index is 431. The van der Waals surface area contributed by atoms with E-state index in [4.69, 9.17) is 4.74 Å². The van der Waals surface area contributed by atoms with E-state index in [1.165, 1.54) is 0 Å². The van der Waals surface area contributed by atoms with Gasteiger partial charge in [-0.3, -0.25) is 4.79 Å². The lowest BCUT2D eigenvalue weighted by Crippen LogP contribution is -2.11. The molecular weight excluding hydrogens is 245 g/mol. The average Bonchev–Trinajstić information content (AvgIpc) is 2.77. The van der Waals surface area contributed by atoms with Crippen molar-refractivity contribution in [3.63, 3.8) is 0 Å². The number of carbonyl (C=O) groups is 1. The van der Waals surface area contributed by atoms with Crippen LogP contribution in [0.2, 0.25) is 0 Å². The summed E-state index contributed by atoms with van der Waals surface area (Å²) in [5.74, 6) is -3.98. The maximum Gasteiger partial charge on any atom is 0.168 e. The molecule has 98 valence electrons. The van der Waals surface area contributed by atoms with Crippen molar-refractivity contribution >= 4 is 5.78 Å². The molecular formula is C13H13F3O2. The molecule has 0 bridgehead atoms. The molecule has 0 aliphatic carbocycles. The molecule has 0 amide bonds. The fourth-order valence-corrected chi connectivity index (χ4v) is 2.10. The number of ketones is 1. The van der Waals surface area contributed by atoms with E-state index < -0.39 is 28.8 Å². The van der Waals surface area contributed by atoms with Crippen LogP contribution in [0.5, 0.6) is 0 Å². The van der Waals surface area contributed by atoms with Gasteiger partial charge in [-0.2, -0.15) is 0 Å². The molecule has 1 aliphatic heterocycles. The van der Waals surface area contributed by atoms with Gasteiger partial charge in [-0.15, -0.1) is 0 Å². The number of hydrogen-bond donors (Lipinski definition) is 0. The van der Waals surface area contributed by atoms with Gasteiger partial charge in [0.1, 0.15) is 17.5 Å². The highest BCUT2D eigenvalue weighted by atomic mass is 19.1. The zero-order valence-corrected chi connectivity index (χ0v) is 9.72. The summed E-state index contributed by atoms with van der Waals surface area (Å²) in [7, 11) is 0. The lowest BCUT2D eigenvalue weighted by molar-refractivity contribution is 0.0853. The molecule has 1 saturated heterocycles. The zero-order chi connectivity index (χ0) is 13.1. The number of rotatable bonds is 4. The van der Waals surface area contributed by atoms with Crippen molar-refractivity contribution in [2.45, 2.75) is 31.8 Å². The summed E-state index contributed by atoms with van der Waals surface area (Å²) < 4.78 is 44.7. The summed E-state index contributed by atoms with van der Waals surface area (Å²) in [6.07, 6.45) is 2.24. The van der Waals surface area contributed by atoms with Gasteiger partial charge >= 0.3 is 0 Å². The van der Waals surface area contributed by atoms with Crippen LogP contribution in [-0.4, -0.2) is 18.5 Å². The molecule has 0 aromatic heterocycles. The molecule has 2 nitrogen and oxygen atoms in total. The fraction of sp³-hybridized carbons (Fsp3) is 0.462. The van der Waals surface area contributed by atoms with Crippen LogP contribution in [0, 0.1) is 17.5 Å². The molecule has 0 saturated carbocycles. The van der Waals surface area contributed by atoms with Crippen LogP contribution in [-0.2, 0) is 4.74 Å². The Morgan fingerprint density at radius 1 is 1.28 bits per heavy atom. The number of ether oxygens (including phenoxy) is 1. The summed E-state index contributed by atoms with van der Waals surface area (Å²) in [6, 6.07) is 1.03. The monoisotopic (exact) mass is 258 g/mol. The highest BCUT2D eigenvalue weighted by Crippen LogP contribution is 2.21. The molecule has 1 aromatic rings. The highest BCUT2D eigenvalue weighted by Gasteiger charge is 2.21. The third kappa shape index (κ3) is 2.90. The predicted molar refractivity (Wildman–Crippen MR) is 58.9 cm³/mol. The quantitative estimate of drug-likeness (QED) is 0.775. The first-order valence-corrected chi connectivity index (χ1v) is 5.87. The van der Waals surface area contributed by atoms with Gasteiger partial charge in [-0.1, -0.05) is 0 Å². The van der Waals surface area contributed by atoms with E-state index in [-0.39, 0.29) is 12.5 Å². The largest absolute Gasteiger partial charge is 0.378 e. The van der Waals surface area contributed by atoms with Gasteiger partial charge in [-0.25, -0.2) is 13.2 Å². The van der Waals surface area contributed by atoms with E-state index in [0.29, 0.717) is 25.2 Å². The maximum atomic E-state index is 13.3. The van der Waals surface area contributed by atoms with E-state index in [9.17, 15) is 18.0 Å². The lowest BCUT2D eigenvalue weighted by atomic mass is 10.0. The second-order valence-corrected chi connectivity index (χ2v) is 4.34. The van der Waals surface area contributed by atoms with Gasteiger partial charge in [0.25, 0.3) is 0 Å². The van der Waals surface area contributed by atoms with Crippen LogP contribution in [0.25, 0.3) is 0 Å². The van der Waals surface area contributed by atoms with Gasteiger partial charge in [0.05, 0.1) is 11.7 Å². The Hall–Kier alpha value is -1.36. The zero-order valence-electron chi connectivity index (χ0n) is 9.72. The predicted octanol–water partition coefficient (Wildman–Crippen LogP) is 3.25. The highest BCUT2D eigenvalue weighted by molar-refractivity contribution is 5.96. The first kappa shape index (κ1) is 13.1. The molecule has 1 fully saturated rings. The van der Waals surface area contributed by atoms with Gasteiger partial charge < -0.3 is 4.74 Å². The van der Waals surface area contributed by atoms with E-state index >= 15 is 0 Å². The van der Waals surface area contributed by atoms with Crippen molar-refractivity contribution in [3.05, 3.63) is 35.1 Å². The van der Waals surface area contributed by atoms with Gasteiger partial charge in [-0.05, 0) is 19.3 Å². The molecule has 0 N–H and O–H groups in total. The second kappa shape index (κ2) is 5.52. The van der Waals surface area contributed by atoms with Crippen molar-refractivity contribution in [1.29, 1.82) is 0 Å². The van der Waals surface area contributed by atoms with Crippen molar-refractivity contribution < 1.29 is 22.7 Å². The lowest BCUT2D eigenvalue weighted by Gasteiger charge is -2.09. The van der Waals surface area contributed by atoms with E-state index in [1.807, 2.05) is 0 Å². The molecule has 1 unspecified atom stereocenters. The van der Waals surface area contributed by atoms with Crippen LogP contribution in [0.3, 0.4) is 0 Å². The maximum absolute atomic E-state index is 13.3. The van der Waals surface area contributed by atoms with Gasteiger partial charge in [0, 0.05) is 25.2 Å². The summed E-state index contributed by atoms with van der Waals surface area (Å²) in [5, 5.41) is 0. The number of halogens is 3. The molecule has 1 aromatic carbocycles. The first-order chi connectivity index (χ1) is 8.58. The molecule has 1 heterocycles. The van der Waals surface area contributed by atoms with E-state index in [2.05, 4.69) is 0 Å². The van der Waals surface area contributed by atoms with Gasteiger partial charge in [0.15, 0.2) is 5.78 Å². The topological polar surface area (TPSA) is 26.3 Å². The van der Waals surface area contributed by atoms with Crippen molar-refractivity contribution in [2.24, 2.45) is 0 Å². The minimum Gasteiger partial charge on any atom is -0.378 e. The summed E-state index contributed by atoms with van der Waals surface area (Å²) in [4.78, 5) is 11.7. The minimum atomic E-state index is -1.15. The normalized spacial score (nSPS) is 19.2. The Labute approximate surface area is 103 Å². The van der Waals surface area contributed by atoms with E-state index in [1.54, 1.807) is 0 Å². The summed E-state index contributed by atoms with van der Waals surface area (Å²) in [6.45, 7) is 0.665. The van der Waals surface area contributed by atoms with Crippen molar-refractivity contribution in [2.75, 3.05) is 6.61 Å². The Morgan fingerprint density at radius 3 is 2.50 bits per heavy atom. The standard InChI is InChI=1S/C13H13F3O2/c14-8-6-10(15)13(11(16)7-8)12(17)4-3-9-2-1-5-18-9/h6-7,9H,1-5H2. The van der Waals surface area contributed by atoms with Crippen molar-refractivity contribution in [1.82, 2.24) is 0 Å². The molecule has 1 aliphatic rings. The SMILES string of the molecule is O=C(CCC1CCCO1)c1c(F)cc(F)cc1F. The molecule has 18 heavy (non-hydrogen) atoms. The third-order valence-corrected chi connectivity index (χ3v) is 3.00. The van der Waals surface area contributed by atoms with Crippen molar-refractivity contribution in [3.8, 4) is 0 Å². The van der Waals surface area contributed by atoms with Crippen LogP contribution >= 0.6 is 0 Å². The molecule has 5 heteroatoms. The van der Waals surface area contributed by atoms with Crippen LogP contribution in [0.15, 0.2) is 12.1 Å². The summed E-state index contributed by atoms with van der Waals surface area (Å²) >= 11 is 0. The fourth-order valence-electron chi connectivity index (χ4n) is 2.10. The number of Topliss-reactive ketones (excluding diaryl/α,β-unsaturated/α-hetero) is 1.